The van der Waals surface area contributed by atoms with Crippen molar-refractivity contribution in [3.8, 4) is 5.75 Å². The van der Waals surface area contributed by atoms with Crippen LogP contribution in [0.15, 0.2) is 18.2 Å². The van der Waals surface area contributed by atoms with E-state index in [1.807, 2.05) is 0 Å². The van der Waals surface area contributed by atoms with Crippen molar-refractivity contribution in [2.45, 2.75) is 6.18 Å². The maximum atomic E-state index is 12.3. The van der Waals surface area contributed by atoms with E-state index in [2.05, 4.69) is 0 Å². The molecule has 0 bridgehead atoms. The number of carbonyl (C=O) groups is 1. The Morgan fingerprint density at radius 2 is 2.07 bits per heavy atom. The van der Waals surface area contributed by atoms with E-state index < -0.39 is 16.8 Å². The SMILES string of the molecule is O=CCOc1ccc(C(F)(F)F)c(Cl)c1. The lowest BCUT2D eigenvalue weighted by atomic mass is 10.2. The van der Waals surface area contributed by atoms with Crippen LogP contribution in [0.5, 0.6) is 5.75 Å². The Hall–Kier alpha value is -1.23. The standard InChI is InChI=1S/C9H6ClF3O2/c10-8-5-6(15-4-3-14)1-2-7(8)9(11,12)13/h1-3,5H,4H2. The van der Waals surface area contributed by atoms with Crippen LogP contribution in [-0.2, 0) is 11.0 Å². The lowest BCUT2D eigenvalue weighted by molar-refractivity contribution is -0.137. The van der Waals surface area contributed by atoms with Gasteiger partial charge in [-0.15, -0.1) is 0 Å². The highest BCUT2D eigenvalue weighted by molar-refractivity contribution is 6.31. The van der Waals surface area contributed by atoms with Gasteiger partial charge in [0.2, 0.25) is 0 Å². The second-order valence-corrected chi connectivity index (χ2v) is 3.02. The molecule has 0 fully saturated rings. The fourth-order valence-electron chi connectivity index (χ4n) is 0.946. The van der Waals surface area contributed by atoms with E-state index >= 15 is 0 Å². The molecular weight excluding hydrogens is 233 g/mol. The molecule has 0 radical (unpaired) electrons. The van der Waals surface area contributed by atoms with Gasteiger partial charge in [0.1, 0.15) is 12.4 Å². The Morgan fingerprint density at radius 3 is 2.53 bits per heavy atom. The largest absolute Gasteiger partial charge is 0.486 e. The highest BCUT2D eigenvalue weighted by atomic mass is 35.5. The zero-order valence-corrected chi connectivity index (χ0v) is 8.10. The molecule has 0 aliphatic carbocycles. The molecule has 0 saturated heterocycles. The molecule has 0 heterocycles. The van der Waals surface area contributed by atoms with E-state index in [0.717, 1.165) is 18.2 Å². The monoisotopic (exact) mass is 238 g/mol. The van der Waals surface area contributed by atoms with Gasteiger partial charge in [-0.1, -0.05) is 11.6 Å². The second-order valence-electron chi connectivity index (χ2n) is 2.62. The van der Waals surface area contributed by atoms with Crippen LogP contribution in [0.2, 0.25) is 5.02 Å². The number of alkyl halides is 3. The second kappa shape index (κ2) is 4.53. The van der Waals surface area contributed by atoms with Gasteiger partial charge in [0.25, 0.3) is 0 Å². The average molecular weight is 239 g/mol. The lowest BCUT2D eigenvalue weighted by Gasteiger charge is -2.10. The van der Waals surface area contributed by atoms with Gasteiger partial charge in [-0.3, -0.25) is 4.79 Å². The van der Waals surface area contributed by atoms with E-state index in [1.165, 1.54) is 0 Å². The summed E-state index contributed by atoms with van der Waals surface area (Å²) in [6.45, 7) is -0.221. The maximum absolute atomic E-state index is 12.3. The van der Waals surface area contributed by atoms with Crippen molar-refractivity contribution < 1.29 is 22.7 Å². The van der Waals surface area contributed by atoms with Gasteiger partial charge in [0.05, 0.1) is 10.6 Å². The van der Waals surface area contributed by atoms with Crippen LogP contribution < -0.4 is 4.74 Å². The Kier molecular flexibility index (Phi) is 3.57. The molecule has 0 atom stereocenters. The van der Waals surface area contributed by atoms with Crippen LogP contribution in [-0.4, -0.2) is 12.9 Å². The molecule has 1 rings (SSSR count). The molecule has 0 aromatic heterocycles. The first-order valence-corrected chi connectivity index (χ1v) is 4.26. The van der Waals surface area contributed by atoms with Crippen LogP contribution in [0.3, 0.4) is 0 Å². The highest BCUT2D eigenvalue weighted by Gasteiger charge is 2.33. The highest BCUT2D eigenvalue weighted by Crippen LogP contribution is 2.36. The fraction of sp³-hybridized carbons (Fsp3) is 0.222. The van der Waals surface area contributed by atoms with Crippen LogP contribution in [0.4, 0.5) is 13.2 Å². The van der Waals surface area contributed by atoms with Crippen molar-refractivity contribution >= 4 is 17.9 Å². The number of benzene rings is 1. The molecule has 0 spiro atoms. The summed E-state index contributed by atoms with van der Waals surface area (Å²) in [5.74, 6) is 0.125. The minimum atomic E-state index is -4.49. The van der Waals surface area contributed by atoms with E-state index in [-0.39, 0.29) is 12.4 Å². The normalized spacial score (nSPS) is 11.2. The molecule has 2 nitrogen and oxygen atoms in total. The molecule has 15 heavy (non-hydrogen) atoms. The van der Waals surface area contributed by atoms with Gasteiger partial charge in [-0.25, -0.2) is 0 Å². The van der Waals surface area contributed by atoms with Crippen LogP contribution >= 0.6 is 11.6 Å². The van der Waals surface area contributed by atoms with Crippen LogP contribution in [0.25, 0.3) is 0 Å². The summed E-state index contributed by atoms with van der Waals surface area (Å²) in [4.78, 5) is 9.95. The third-order valence-corrected chi connectivity index (χ3v) is 1.88. The quantitative estimate of drug-likeness (QED) is 0.757. The average Bonchev–Trinajstić information content (AvgIpc) is 2.12. The van der Waals surface area contributed by atoms with Gasteiger partial charge >= 0.3 is 6.18 Å². The first-order chi connectivity index (χ1) is 6.95. The zero-order chi connectivity index (χ0) is 11.5. The molecule has 0 unspecified atom stereocenters. The molecule has 1 aromatic carbocycles. The van der Waals surface area contributed by atoms with E-state index in [0.29, 0.717) is 6.29 Å². The minimum Gasteiger partial charge on any atom is -0.486 e. The maximum Gasteiger partial charge on any atom is 0.417 e. The number of halogens is 4. The molecule has 82 valence electrons. The Balaban J connectivity index is 2.93. The van der Waals surface area contributed by atoms with Crippen molar-refractivity contribution in [3.05, 3.63) is 28.8 Å². The summed E-state index contributed by atoms with van der Waals surface area (Å²) < 4.78 is 41.5. The number of hydrogen-bond donors (Lipinski definition) is 0. The van der Waals surface area contributed by atoms with Gasteiger partial charge in [0.15, 0.2) is 6.29 Å². The number of ether oxygens (including phenoxy) is 1. The fourth-order valence-corrected chi connectivity index (χ4v) is 1.22. The predicted octanol–water partition coefficient (Wildman–Crippen LogP) is 2.94. The summed E-state index contributed by atoms with van der Waals surface area (Å²) in [5, 5.41) is -0.453. The van der Waals surface area contributed by atoms with Gasteiger partial charge < -0.3 is 4.74 Å². The Morgan fingerprint density at radius 1 is 1.40 bits per heavy atom. The summed E-state index contributed by atoms with van der Waals surface area (Å²) in [5.41, 5.74) is -0.928. The van der Waals surface area contributed by atoms with Crippen molar-refractivity contribution in [3.63, 3.8) is 0 Å². The number of hydrogen-bond acceptors (Lipinski definition) is 2. The molecular formula is C9H6ClF3O2. The van der Waals surface area contributed by atoms with Crippen molar-refractivity contribution in [1.29, 1.82) is 0 Å². The molecule has 0 saturated carbocycles. The first kappa shape index (κ1) is 11.8. The van der Waals surface area contributed by atoms with E-state index in [4.69, 9.17) is 16.3 Å². The summed E-state index contributed by atoms with van der Waals surface area (Å²) in [7, 11) is 0. The molecule has 0 aliphatic rings. The van der Waals surface area contributed by atoms with Gasteiger partial charge in [-0.05, 0) is 18.2 Å². The van der Waals surface area contributed by atoms with Gasteiger partial charge in [-0.2, -0.15) is 13.2 Å². The smallest absolute Gasteiger partial charge is 0.417 e. The van der Waals surface area contributed by atoms with Crippen LogP contribution in [0.1, 0.15) is 5.56 Å². The van der Waals surface area contributed by atoms with Gasteiger partial charge in [0, 0.05) is 0 Å². The van der Waals surface area contributed by atoms with E-state index in [9.17, 15) is 18.0 Å². The Labute approximate surface area is 88.6 Å². The summed E-state index contributed by atoms with van der Waals surface area (Å²) in [6, 6.07) is 2.94. The number of aldehydes is 1. The van der Waals surface area contributed by atoms with E-state index in [1.54, 1.807) is 0 Å². The third-order valence-electron chi connectivity index (χ3n) is 1.56. The van der Waals surface area contributed by atoms with Crippen molar-refractivity contribution in [2.24, 2.45) is 0 Å². The molecule has 0 amide bonds. The number of rotatable bonds is 3. The topological polar surface area (TPSA) is 26.3 Å². The van der Waals surface area contributed by atoms with Crippen molar-refractivity contribution in [1.82, 2.24) is 0 Å². The third kappa shape index (κ3) is 3.13. The summed E-state index contributed by atoms with van der Waals surface area (Å²) >= 11 is 5.40. The first-order valence-electron chi connectivity index (χ1n) is 3.88. The lowest BCUT2D eigenvalue weighted by Crippen LogP contribution is -2.06. The van der Waals surface area contributed by atoms with Crippen molar-refractivity contribution in [2.75, 3.05) is 6.61 Å². The molecule has 0 aliphatic heterocycles. The minimum absolute atomic E-state index is 0.125. The zero-order valence-electron chi connectivity index (χ0n) is 7.34. The summed E-state index contributed by atoms with van der Waals surface area (Å²) in [6.07, 6.45) is -3.99. The number of carbonyl (C=O) groups excluding carboxylic acids is 1. The molecule has 1 aromatic rings. The van der Waals surface area contributed by atoms with Crippen LogP contribution in [0, 0.1) is 0 Å². The molecule has 6 heteroatoms. The molecule has 0 N–H and O–H groups in total. The Bertz CT molecular complexity index is 363. The predicted molar refractivity (Wildman–Crippen MR) is 48.0 cm³/mol.